The highest BCUT2D eigenvalue weighted by molar-refractivity contribution is 5.98. The molecule has 3 rings (SSSR count). The number of pyridine rings is 2. The van der Waals surface area contributed by atoms with Gasteiger partial charge in [-0.2, -0.15) is 0 Å². The van der Waals surface area contributed by atoms with Crippen LogP contribution < -0.4 is 21.7 Å². The van der Waals surface area contributed by atoms with Crippen LogP contribution in [-0.2, 0) is 6.54 Å². The second-order valence-electron chi connectivity index (χ2n) is 7.15. The molecule has 3 heterocycles. The molecule has 2 aromatic heterocycles. The number of anilines is 3. The molecular formula is C19H26FN7O. The number of nitrogens with two attached hydrogens (primary N) is 1. The van der Waals surface area contributed by atoms with E-state index in [1.807, 2.05) is 26.2 Å². The summed E-state index contributed by atoms with van der Waals surface area (Å²) in [7, 11) is 3.99. The molecule has 28 heavy (non-hydrogen) atoms. The highest BCUT2D eigenvalue weighted by Gasteiger charge is 2.25. The van der Waals surface area contributed by atoms with Gasteiger partial charge in [-0.05, 0) is 38.7 Å². The molecule has 0 radical (unpaired) electrons. The smallest absolute Gasteiger partial charge is 0.252 e. The highest BCUT2D eigenvalue weighted by Crippen LogP contribution is 2.24. The van der Waals surface area contributed by atoms with Crippen LogP contribution in [0.2, 0.25) is 0 Å². The second-order valence-corrected chi connectivity index (χ2v) is 7.15. The van der Waals surface area contributed by atoms with Crippen molar-refractivity contribution < 1.29 is 9.18 Å². The highest BCUT2D eigenvalue weighted by atomic mass is 19.1. The Hall–Kier alpha value is -2.78. The molecule has 150 valence electrons. The maximum atomic E-state index is 14.2. The van der Waals surface area contributed by atoms with Crippen LogP contribution in [0.15, 0.2) is 30.6 Å². The van der Waals surface area contributed by atoms with E-state index in [0.717, 1.165) is 12.1 Å². The zero-order valence-electron chi connectivity index (χ0n) is 16.1. The molecule has 8 nitrogen and oxygen atoms in total. The molecule has 1 aliphatic rings. The Morgan fingerprint density at radius 1 is 1.32 bits per heavy atom. The van der Waals surface area contributed by atoms with Gasteiger partial charge in [0.2, 0.25) is 0 Å². The van der Waals surface area contributed by atoms with Gasteiger partial charge in [0, 0.05) is 31.5 Å². The molecular weight excluding hydrogens is 361 g/mol. The fraction of sp³-hybridized carbons (Fsp3) is 0.421. The third-order valence-corrected chi connectivity index (χ3v) is 4.50. The minimum atomic E-state index is -1.05. The third kappa shape index (κ3) is 5.14. The Balaban J connectivity index is 1.77. The van der Waals surface area contributed by atoms with Crippen molar-refractivity contribution in [1.82, 2.24) is 20.2 Å². The average Bonchev–Trinajstić information content (AvgIpc) is 2.65. The summed E-state index contributed by atoms with van der Waals surface area (Å²) in [6, 6.07) is 5.11. The Labute approximate surface area is 163 Å². The number of halogens is 1. The molecule has 0 aromatic carbocycles. The number of carbonyl (C=O) groups is 1. The minimum absolute atomic E-state index is 0.227. The number of amides is 1. The molecule has 0 bridgehead atoms. The Kier molecular flexibility index (Phi) is 6.37. The summed E-state index contributed by atoms with van der Waals surface area (Å²) in [6.07, 6.45) is 2.74. The van der Waals surface area contributed by atoms with E-state index in [2.05, 4.69) is 30.8 Å². The van der Waals surface area contributed by atoms with Gasteiger partial charge < -0.3 is 26.6 Å². The summed E-state index contributed by atoms with van der Waals surface area (Å²) >= 11 is 0. The van der Waals surface area contributed by atoms with Crippen LogP contribution in [0, 0.1) is 0 Å². The van der Waals surface area contributed by atoms with Crippen molar-refractivity contribution in [3.63, 3.8) is 0 Å². The summed E-state index contributed by atoms with van der Waals surface area (Å²) in [6.45, 7) is 1.79. The quantitative estimate of drug-likeness (QED) is 0.570. The largest absolute Gasteiger partial charge is 0.378 e. The van der Waals surface area contributed by atoms with Crippen molar-refractivity contribution in [3.05, 3.63) is 41.7 Å². The van der Waals surface area contributed by atoms with Gasteiger partial charge in [-0.3, -0.25) is 4.79 Å². The lowest BCUT2D eigenvalue weighted by atomic mass is 10.0. The lowest BCUT2D eigenvalue weighted by Gasteiger charge is -2.29. The van der Waals surface area contributed by atoms with Crippen molar-refractivity contribution in [2.45, 2.75) is 25.2 Å². The Bertz CT molecular complexity index is 812. The normalized spacial score (nSPS) is 19.4. The van der Waals surface area contributed by atoms with Crippen LogP contribution in [-0.4, -0.2) is 60.2 Å². The Morgan fingerprint density at radius 3 is 2.75 bits per heavy atom. The first-order valence-electron chi connectivity index (χ1n) is 9.20. The number of piperidine rings is 1. The fourth-order valence-corrected chi connectivity index (χ4v) is 3.11. The summed E-state index contributed by atoms with van der Waals surface area (Å²) in [5.74, 6) is 0.500. The summed E-state index contributed by atoms with van der Waals surface area (Å²) in [5, 5.41) is 9.23. The number of rotatable bonds is 7. The van der Waals surface area contributed by atoms with E-state index < -0.39 is 18.1 Å². The number of nitrogens with one attached hydrogen (secondary N) is 3. The first kappa shape index (κ1) is 20.0. The lowest BCUT2D eigenvalue weighted by Crippen LogP contribution is -2.45. The van der Waals surface area contributed by atoms with Crippen LogP contribution in [0.3, 0.4) is 0 Å². The van der Waals surface area contributed by atoms with Crippen molar-refractivity contribution in [1.29, 1.82) is 0 Å². The number of hydrogen-bond donors (Lipinski definition) is 4. The molecule has 2 atom stereocenters. The Morgan fingerprint density at radius 2 is 2.11 bits per heavy atom. The number of nitrogens with zero attached hydrogens (tertiary/aromatic N) is 3. The number of aromatic nitrogens is 2. The molecule has 1 amide bonds. The predicted octanol–water partition coefficient (Wildman–Crippen LogP) is 1.49. The number of carbonyl (C=O) groups excluding carboxylic acids is 1. The first-order chi connectivity index (χ1) is 13.4. The van der Waals surface area contributed by atoms with E-state index in [0.29, 0.717) is 30.3 Å². The molecule has 1 aliphatic heterocycles. The molecule has 1 saturated heterocycles. The predicted molar refractivity (Wildman–Crippen MR) is 107 cm³/mol. The van der Waals surface area contributed by atoms with Gasteiger partial charge in [-0.25, -0.2) is 14.4 Å². The third-order valence-electron chi connectivity index (χ3n) is 4.50. The summed E-state index contributed by atoms with van der Waals surface area (Å²) in [4.78, 5) is 22.4. The number of primary amides is 1. The maximum absolute atomic E-state index is 14.2. The SMILES string of the molecule is CN(C)Cc1ccc(Nc2cc(N[C@@H]3CCNC[C@@H]3F)c(C(N)=O)cn2)nc1. The van der Waals surface area contributed by atoms with E-state index in [1.54, 1.807) is 12.3 Å². The fourth-order valence-electron chi connectivity index (χ4n) is 3.11. The molecule has 0 unspecified atom stereocenters. The maximum Gasteiger partial charge on any atom is 0.252 e. The lowest BCUT2D eigenvalue weighted by molar-refractivity contribution is 0.100. The molecule has 9 heteroatoms. The van der Waals surface area contributed by atoms with E-state index in [1.165, 1.54) is 6.20 Å². The van der Waals surface area contributed by atoms with Crippen LogP contribution in [0.4, 0.5) is 21.7 Å². The van der Waals surface area contributed by atoms with E-state index >= 15 is 0 Å². The molecule has 5 N–H and O–H groups in total. The molecule has 2 aromatic rings. The zero-order chi connectivity index (χ0) is 20.1. The number of hydrogen-bond acceptors (Lipinski definition) is 7. The van der Waals surface area contributed by atoms with Gasteiger partial charge in [0.25, 0.3) is 5.91 Å². The molecule has 0 saturated carbocycles. The van der Waals surface area contributed by atoms with Gasteiger partial charge in [-0.15, -0.1) is 0 Å². The second kappa shape index (κ2) is 8.94. The van der Waals surface area contributed by atoms with Crippen LogP contribution in [0.5, 0.6) is 0 Å². The van der Waals surface area contributed by atoms with Crippen LogP contribution in [0.1, 0.15) is 22.3 Å². The van der Waals surface area contributed by atoms with E-state index in [-0.39, 0.29) is 12.1 Å². The average molecular weight is 387 g/mol. The first-order valence-corrected chi connectivity index (χ1v) is 9.20. The monoisotopic (exact) mass is 387 g/mol. The summed E-state index contributed by atoms with van der Waals surface area (Å²) < 4.78 is 14.2. The van der Waals surface area contributed by atoms with Gasteiger partial charge in [0.05, 0.1) is 17.3 Å². The standard InChI is InChI=1S/C19H26FN7O/c1-27(2)11-12-3-4-17(23-8-12)26-18-7-16(13(9-24-18)19(21)28)25-15-5-6-22-10-14(15)20/h3-4,7-9,14-15,22H,5-6,10-11H2,1-2H3,(H2,21,28)(H2,23,24,25,26)/t14-,15+/m0/s1. The van der Waals surface area contributed by atoms with Gasteiger partial charge in [-0.1, -0.05) is 6.07 Å². The van der Waals surface area contributed by atoms with Crippen molar-refractivity contribution in [2.24, 2.45) is 5.73 Å². The van der Waals surface area contributed by atoms with Crippen LogP contribution in [0.25, 0.3) is 0 Å². The van der Waals surface area contributed by atoms with E-state index in [4.69, 9.17) is 5.73 Å². The topological polar surface area (TPSA) is 108 Å². The minimum Gasteiger partial charge on any atom is -0.378 e. The summed E-state index contributed by atoms with van der Waals surface area (Å²) in [5.41, 5.74) is 7.23. The van der Waals surface area contributed by atoms with Crippen molar-refractivity contribution in [3.8, 4) is 0 Å². The zero-order valence-corrected chi connectivity index (χ0v) is 16.1. The molecule has 0 aliphatic carbocycles. The van der Waals surface area contributed by atoms with Gasteiger partial charge in [0.15, 0.2) is 0 Å². The van der Waals surface area contributed by atoms with Gasteiger partial charge in [0.1, 0.15) is 17.8 Å². The van der Waals surface area contributed by atoms with Crippen molar-refractivity contribution in [2.75, 3.05) is 37.8 Å². The number of alkyl halides is 1. The molecule has 1 fully saturated rings. The van der Waals surface area contributed by atoms with Crippen LogP contribution >= 0.6 is 0 Å². The van der Waals surface area contributed by atoms with Gasteiger partial charge >= 0.3 is 0 Å². The molecule has 0 spiro atoms. The van der Waals surface area contributed by atoms with Crippen molar-refractivity contribution >= 4 is 23.2 Å². The van der Waals surface area contributed by atoms with E-state index in [9.17, 15) is 9.18 Å².